The summed E-state index contributed by atoms with van der Waals surface area (Å²) in [6, 6.07) is 0. The maximum atomic E-state index is 12.7. The number of allylic oxidation sites excluding steroid dienone is 2. The van der Waals surface area contributed by atoms with Gasteiger partial charge in [-0.15, -0.1) is 0 Å². The van der Waals surface area contributed by atoms with Gasteiger partial charge in [-0.25, -0.2) is 4.79 Å². The average molecular weight is 743 g/mol. The standard InChI is InChI=1S/C41H74O11/c1-3-5-7-9-11-13-15-16-17-18-20-21-23-25-27-29-34(42)49-31-33(32-50-41-38(46)36(44)37(45)39(52-41)40(47)48)51-35(43)30-28-26-24-22-19-14-12-10-8-6-4-2/h16-17,33,36-39,41,44-46H,3-15,18-32H2,1-2H3,(H,47,48)/b17-16-. The zero-order valence-electron chi connectivity index (χ0n) is 32.6. The van der Waals surface area contributed by atoms with Crippen LogP contribution in [0, 0.1) is 0 Å². The molecule has 1 fully saturated rings. The number of carbonyl (C=O) groups is 3. The summed E-state index contributed by atoms with van der Waals surface area (Å²) < 4.78 is 21.7. The minimum Gasteiger partial charge on any atom is -0.479 e. The van der Waals surface area contributed by atoms with E-state index in [0.717, 1.165) is 57.8 Å². The van der Waals surface area contributed by atoms with Gasteiger partial charge in [0.2, 0.25) is 0 Å². The number of ether oxygens (including phenoxy) is 4. The van der Waals surface area contributed by atoms with Crippen molar-refractivity contribution in [2.45, 2.75) is 218 Å². The van der Waals surface area contributed by atoms with Crippen LogP contribution in [0.4, 0.5) is 0 Å². The predicted octanol–water partition coefficient (Wildman–Crippen LogP) is 8.09. The minimum absolute atomic E-state index is 0.185. The third kappa shape index (κ3) is 24.3. The highest BCUT2D eigenvalue weighted by Crippen LogP contribution is 2.23. The second-order valence-corrected chi connectivity index (χ2v) is 14.5. The van der Waals surface area contributed by atoms with Crippen molar-refractivity contribution in [1.29, 1.82) is 0 Å². The number of aliphatic hydroxyl groups is 3. The molecule has 11 nitrogen and oxygen atoms in total. The zero-order valence-corrected chi connectivity index (χ0v) is 32.6. The van der Waals surface area contributed by atoms with Gasteiger partial charge in [-0.1, -0.05) is 142 Å². The molecular formula is C41H74O11. The van der Waals surface area contributed by atoms with Crippen LogP contribution < -0.4 is 0 Å². The normalized spacial score (nSPS) is 21.0. The molecular weight excluding hydrogens is 668 g/mol. The minimum atomic E-state index is -1.86. The fraction of sp³-hybridized carbons (Fsp3) is 0.878. The third-order valence-corrected chi connectivity index (χ3v) is 9.61. The number of hydrogen-bond acceptors (Lipinski definition) is 10. The monoisotopic (exact) mass is 743 g/mol. The lowest BCUT2D eigenvalue weighted by Gasteiger charge is -2.38. The molecule has 6 unspecified atom stereocenters. The Morgan fingerprint density at radius 1 is 0.577 bits per heavy atom. The molecule has 0 aromatic carbocycles. The van der Waals surface area contributed by atoms with Crippen molar-refractivity contribution in [1.82, 2.24) is 0 Å². The van der Waals surface area contributed by atoms with Crippen LogP contribution in [0.1, 0.15) is 181 Å². The van der Waals surface area contributed by atoms with Gasteiger partial charge < -0.3 is 39.4 Å². The first-order chi connectivity index (χ1) is 25.2. The lowest BCUT2D eigenvalue weighted by Crippen LogP contribution is -2.60. The van der Waals surface area contributed by atoms with Gasteiger partial charge in [-0.05, 0) is 38.5 Å². The summed E-state index contributed by atoms with van der Waals surface area (Å²) in [6.07, 6.45) is 22.7. The van der Waals surface area contributed by atoms with Gasteiger partial charge in [0.25, 0.3) is 0 Å². The summed E-state index contributed by atoms with van der Waals surface area (Å²) in [6.45, 7) is 3.78. The molecule has 0 aromatic rings. The van der Waals surface area contributed by atoms with Crippen molar-refractivity contribution in [3.63, 3.8) is 0 Å². The Balaban J connectivity index is 2.40. The van der Waals surface area contributed by atoms with Crippen LogP contribution in [0.25, 0.3) is 0 Å². The maximum absolute atomic E-state index is 12.7. The van der Waals surface area contributed by atoms with Gasteiger partial charge in [0, 0.05) is 12.8 Å². The molecule has 4 N–H and O–H groups in total. The molecule has 0 saturated carbocycles. The van der Waals surface area contributed by atoms with Crippen molar-refractivity contribution in [2.24, 2.45) is 0 Å². The van der Waals surface area contributed by atoms with E-state index >= 15 is 0 Å². The first-order valence-corrected chi connectivity index (χ1v) is 20.7. The van der Waals surface area contributed by atoms with E-state index in [0.29, 0.717) is 12.8 Å². The molecule has 0 bridgehead atoms. The molecule has 11 heteroatoms. The van der Waals surface area contributed by atoms with Gasteiger partial charge >= 0.3 is 17.9 Å². The molecule has 52 heavy (non-hydrogen) atoms. The molecule has 6 atom stereocenters. The van der Waals surface area contributed by atoms with Gasteiger partial charge in [0.05, 0.1) is 6.61 Å². The molecule has 0 aromatic heterocycles. The van der Waals surface area contributed by atoms with Crippen LogP contribution in [-0.2, 0) is 33.3 Å². The number of unbranched alkanes of at least 4 members (excludes halogenated alkanes) is 21. The van der Waals surface area contributed by atoms with E-state index < -0.39 is 54.7 Å². The summed E-state index contributed by atoms with van der Waals surface area (Å²) in [7, 11) is 0. The van der Waals surface area contributed by atoms with Gasteiger partial charge in [0.15, 0.2) is 18.5 Å². The summed E-state index contributed by atoms with van der Waals surface area (Å²) in [5.41, 5.74) is 0. The number of aliphatic hydroxyl groups excluding tert-OH is 3. The highest BCUT2D eigenvalue weighted by molar-refractivity contribution is 5.73. The molecule has 304 valence electrons. The molecule has 0 amide bonds. The van der Waals surface area contributed by atoms with Gasteiger partial charge in [0.1, 0.15) is 24.9 Å². The summed E-state index contributed by atoms with van der Waals surface area (Å²) in [5.74, 6) is -2.45. The molecule has 1 heterocycles. The summed E-state index contributed by atoms with van der Waals surface area (Å²) >= 11 is 0. The first kappa shape index (κ1) is 48.0. The van der Waals surface area contributed by atoms with Crippen LogP contribution in [-0.4, -0.2) is 88.4 Å². The second-order valence-electron chi connectivity index (χ2n) is 14.5. The van der Waals surface area contributed by atoms with Crippen LogP contribution in [0.5, 0.6) is 0 Å². The Labute approximate surface area is 314 Å². The highest BCUT2D eigenvalue weighted by Gasteiger charge is 2.47. The van der Waals surface area contributed by atoms with Crippen LogP contribution in [0.15, 0.2) is 12.2 Å². The van der Waals surface area contributed by atoms with E-state index in [2.05, 4.69) is 26.0 Å². The van der Waals surface area contributed by atoms with Crippen LogP contribution in [0.2, 0.25) is 0 Å². The molecule has 1 rings (SSSR count). The Morgan fingerprint density at radius 3 is 1.50 bits per heavy atom. The number of aliphatic carboxylic acids is 1. The fourth-order valence-corrected chi connectivity index (χ4v) is 6.28. The molecule has 0 spiro atoms. The lowest BCUT2D eigenvalue weighted by atomic mass is 9.99. The molecule has 0 radical (unpaired) electrons. The van der Waals surface area contributed by atoms with Crippen molar-refractivity contribution >= 4 is 17.9 Å². The van der Waals surface area contributed by atoms with Gasteiger partial charge in [-0.3, -0.25) is 9.59 Å². The van der Waals surface area contributed by atoms with Crippen molar-refractivity contribution in [3.8, 4) is 0 Å². The second kappa shape index (κ2) is 32.4. The van der Waals surface area contributed by atoms with E-state index in [9.17, 15) is 34.8 Å². The van der Waals surface area contributed by atoms with Crippen molar-refractivity contribution in [3.05, 3.63) is 12.2 Å². The molecule has 0 aliphatic carbocycles. The number of carboxylic acid groups (broad SMARTS) is 1. The SMILES string of the molecule is CCCCCCCC/C=C\CCCCCCCC(=O)OCC(COC1OC(C(=O)O)C(O)C(O)C1O)OC(=O)CCCCCCCCCCCCC. The van der Waals surface area contributed by atoms with E-state index in [1.54, 1.807) is 0 Å². The van der Waals surface area contributed by atoms with E-state index in [1.165, 1.54) is 83.5 Å². The quantitative estimate of drug-likeness (QED) is 0.0286. The average Bonchev–Trinajstić information content (AvgIpc) is 3.12. The van der Waals surface area contributed by atoms with Crippen LogP contribution in [0.3, 0.4) is 0 Å². The van der Waals surface area contributed by atoms with Crippen molar-refractivity contribution in [2.75, 3.05) is 13.2 Å². The molecule has 1 saturated heterocycles. The van der Waals surface area contributed by atoms with Gasteiger partial charge in [-0.2, -0.15) is 0 Å². The molecule has 1 aliphatic heterocycles. The van der Waals surface area contributed by atoms with E-state index in [1.807, 2.05) is 0 Å². The topological polar surface area (TPSA) is 169 Å². The number of hydrogen-bond donors (Lipinski definition) is 4. The zero-order chi connectivity index (χ0) is 38.2. The number of carboxylic acids is 1. The number of rotatable bonds is 34. The molecule has 1 aliphatic rings. The lowest BCUT2D eigenvalue weighted by molar-refractivity contribution is -0.298. The highest BCUT2D eigenvalue weighted by atomic mass is 16.7. The Morgan fingerprint density at radius 2 is 1.02 bits per heavy atom. The number of carbonyl (C=O) groups excluding carboxylic acids is 2. The van der Waals surface area contributed by atoms with Crippen molar-refractivity contribution < 1.29 is 53.8 Å². The maximum Gasteiger partial charge on any atom is 0.335 e. The Bertz CT molecular complexity index is 926. The van der Waals surface area contributed by atoms with Crippen LogP contribution >= 0.6 is 0 Å². The largest absolute Gasteiger partial charge is 0.479 e. The smallest absolute Gasteiger partial charge is 0.335 e. The predicted molar refractivity (Wildman–Crippen MR) is 202 cm³/mol. The number of esters is 2. The summed E-state index contributed by atoms with van der Waals surface area (Å²) in [5, 5.41) is 39.7. The first-order valence-electron chi connectivity index (χ1n) is 20.7. The van der Waals surface area contributed by atoms with E-state index in [4.69, 9.17) is 18.9 Å². The Kier molecular flexibility index (Phi) is 29.9. The summed E-state index contributed by atoms with van der Waals surface area (Å²) in [4.78, 5) is 36.6. The fourth-order valence-electron chi connectivity index (χ4n) is 6.28. The Hall–Kier alpha value is -2.05. The third-order valence-electron chi connectivity index (χ3n) is 9.61. The van der Waals surface area contributed by atoms with E-state index in [-0.39, 0.29) is 26.1 Å².